The molecule has 7 heteroatoms. The fraction of sp³-hybridized carbons (Fsp3) is 0.190. The van der Waals surface area contributed by atoms with Crippen LogP contribution in [0.2, 0.25) is 0 Å². The molecule has 144 valence electrons. The van der Waals surface area contributed by atoms with E-state index in [1.807, 2.05) is 43.3 Å². The monoisotopic (exact) mass is 379 g/mol. The molecule has 1 amide bonds. The van der Waals surface area contributed by atoms with Gasteiger partial charge in [-0.1, -0.05) is 36.4 Å². The van der Waals surface area contributed by atoms with Crippen LogP contribution in [0.25, 0.3) is 11.3 Å². The van der Waals surface area contributed by atoms with E-state index in [2.05, 4.69) is 15.5 Å². The summed E-state index contributed by atoms with van der Waals surface area (Å²) >= 11 is 0. The van der Waals surface area contributed by atoms with Gasteiger partial charge in [-0.05, 0) is 37.6 Å². The highest BCUT2D eigenvalue weighted by Gasteiger charge is 2.21. The van der Waals surface area contributed by atoms with Crippen LogP contribution in [0.5, 0.6) is 5.75 Å². The van der Waals surface area contributed by atoms with Crippen LogP contribution in [-0.4, -0.2) is 35.3 Å². The molecule has 28 heavy (non-hydrogen) atoms. The third-order valence-electron chi connectivity index (χ3n) is 4.13. The van der Waals surface area contributed by atoms with Crippen LogP contribution in [0.15, 0.2) is 54.6 Å². The Kier molecular flexibility index (Phi) is 5.74. The summed E-state index contributed by atoms with van der Waals surface area (Å²) in [6.45, 7) is 3.41. The maximum atomic E-state index is 12.4. The molecule has 1 atom stereocenters. The number of aryl methyl sites for hydroxylation is 1. The minimum absolute atomic E-state index is 0.173. The zero-order valence-electron chi connectivity index (χ0n) is 15.9. The number of benzene rings is 2. The van der Waals surface area contributed by atoms with Crippen molar-refractivity contribution in [2.75, 3.05) is 12.4 Å². The van der Waals surface area contributed by atoms with E-state index in [4.69, 9.17) is 9.47 Å². The van der Waals surface area contributed by atoms with Crippen molar-refractivity contribution in [3.05, 3.63) is 65.9 Å². The summed E-state index contributed by atoms with van der Waals surface area (Å²) in [7, 11) is 1.52. The molecule has 1 aromatic heterocycles. The molecule has 0 bridgehead atoms. The summed E-state index contributed by atoms with van der Waals surface area (Å²) in [5, 5.41) is 9.49. The summed E-state index contributed by atoms with van der Waals surface area (Å²) < 4.78 is 10.5. The van der Waals surface area contributed by atoms with Gasteiger partial charge in [-0.3, -0.25) is 9.89 Å². The highest BCUT2D eigenvalue weighted by Crippen LogP contribution is 2.25. The van der Waals surface area contributed by atoms with E-state index in [0.29, 0.717) is 17.1 Å². The summed E-state index contributed by atoms with van der Waals surface area (Å²) in [5.41, 5.74) is 3.14. The van der Waals surface area contributed by atoms with E-state index in [0.717, 1.165) is 11.1 Å². The summed E-state index contributed by atoms with van der Waals surface area (Å²) in [6, 6.07) is 16.4. The first-order valence-electron chi connectivity index (χ1n) is 8.75. The first-order chi connectivity index (χ1) is 13.5. The molecule has 2 aromatic carbocycles. The van der Waals surface area contributed by atoms with E-state index in [-0.39, 0.29) is 5.69 Å². The molecule has 0 spiro atoms. The van der Waals surface area contributed by atoms with Gasteiger partial charge in [0.2, 0.25) is 0 Å². The smallest absolute Gasteiger partial charge is 0.357 e. The number of aromatic amines is 1. The molecule has 7 nitrogen and oxygen atoms in total. The highest BCUT2D eigenvalue weighted by atomic mass is 16.5. The fourth-order valence-corrected chi connectivity index (χ4v) is 2.61. The Bertz CT molecular complexity index is 982. The number of aromatic nitrogens is 2. The Morgan fingerprint density at radius 2 is 1.86 bits per heavy atom. The van der Waals surface area contributed by atoms with Crippen LogP contribution >= 0.6 is 0 Å². The van der Waals surface area contributed by atoms with E-state index in [9.17, 15) is 9.59 Å². The minimum Gasteiger partial charge on any atom is -0.495 e. The summed E-state index contributed by atoms with van der Waals surface area (Å²) in [4.78, 5) is 24.8. The Balaban J connectivity index is 1.65. The fourth-order valence-electron chi connectivity index (χ4n) is 2.61. The van der Waals surface area contributed by atoms with E-state index in [1.54, 1.807) is 18.2 Å². The SMILES string of the molecule is COc1ccc(C)cc1NC(=O)[C@@H](C)OC(=O)c1cc(-c2ccccc2)n[nH]1. The molecule has 2 N–H and O–H groups in total. The first-order valence-corrected chi connectivity index (χ1v) is 8.75. The Hall–Kier alpha value is -3.61. The van der Waals surface area contributed by atoms with Gasteiger partial charge < -0.3 is 14.8 Å². The number of carbonyl (C=O) groups is 2. The third kappa shape index (κ3) is 4.37. The number of H-pyrrole nitrogens is 1. The minimum atomic E-state index is -0.999. The normalized spacial score (nSPS) is 11.5. The Labute approximate surface area is 162 Å². The average molecular weight is 379 g/mol. The predicted octanol–water partition coefficient (Wildman–Crippen LogP) is 3.58. The number of ether oxygens (including phenoxy) is 2. The van der Waals surface area contributed by atoms with Gasteiger partial charge in [-0.2, -0.15) is 5.10 Å². The Morgan fingerprint density at radius 1 is 1.11 bits per heavy atom. The predicted molar refractivity (Wildman–Crippen MR) is 105 cm³/mol. The number of carbonyl (C=O) groups excluding carboxylic acids is 2. The van der Waals surface area contributed by atoms with Crippen LogP contribution in [0.3, 0.4) is 0 Å². The van der Waals surface area contributed by atoms with Gasteiger partial charge in [0.1, 0.15) is 11.4 Å². The van der Waals surface area contributed by atoms with Crippen LogP contribution in [0, 0.1) is 6.92 Å². The topological polar surface area (TPSA) is 93.3 Å². The molecule has 0 fully saturated rings. The number of nitrogens with zero attached hydrogens (tertiary/aromatic N) is 1. The number of hydrogen-bond donors (Lipinski definition) is 2. The molecule has 0 aliphatic carbocycles. The average Bonchev–Trinajstić information content (AvgIpc) is 3.19. The maximum absolute atomic E-state index is 12.4. The second-order valence-corrected chi connectivity index (χ2v) is 6.27. The standard InChI is InChI=1S/C21H21N3O4/c1-13-9-10-19(27-3)17(11-13)22-20(25)14(2)28-21(26)18-12-16(23-24-18)15-7-5-4-6-8-15/h4-12,14H,1-3H3,(H,22,25)(H,23,24)/t14-/m1/s1. The molecule has 0 unspecified atom stereocenters. The molecule has 0 radical (unpaired) electrons. The second-order valence-electron chi connectivity index (χ2n) is 6.27. The van der Waals surface area contributed by atoms with E-state index >= 15 is 0 Å². The number of anilines is 1. The molecule has 1 heterocycles. The molecule has 0 aliphatic rings. The number of methoxy groups -OCH3 is 1. The molecular weight excluding hydrogens is 358 g/mol. The maximum Gasteiger partial charge on any atom is 0.357 e. The lowest BCUT2D eigenvalue weighted by Crippen LogP contribution is -2.30. The van der Waals surface area contributed by atoms with Crippen LogP contribution < -0.4 is 10.1 Å². The van der Waals surface area contributed by atoms with Gasteiger partial charge >= 0.3 is 5.97 Å². The van der Waals surface area contributed by atoms with Crippen molar-refractivity contribution in [3.63, 3.8) is 0 Å². The number of esters is 1. The van der Waals surface area contributed by atoms with Crippen molar-refractivity contribution >= 4 is 17.6 Å². The van der Waals surface area contributed by atoms with Gasteiger partial charge in [-0.25, -0.2) is 4.79 Å². The molecule has 3 rings (SSSR count). The number of nitrogens with one attached hydrogen (secondary N) is 2. The lowest BCUT2D eigenvalue weighted by atomic mass is 10.1. The zero-order valence-corrected chi connectivity index (χ0v) is 15.9. The van der Waals surface area contributed by atoms with Gasteiger partial charge in [0.05, 0.1) is 18.5 Å². The van der Waals surface area contributed by atoms with E-state index < -0.39 is 18.0 Å². The summed E-state index contributed by atoms with van der Waals surface area (Å²) in [5.74, 6) is -0.591. The van der Waals surface area contributed by atoms with Crippen molar-refractivity contribution in [3.8, 4) is 17.0 Å². The first kappa shape index (κ1) is 19.2. The summed E-state index contributed by atoms with van der Waals surface area (Å²) in [6.07, 6.45) is -0.999. The van der Waals surface area contributed by atoms with E-state index in [1.165, 1.54) is 14.0 Å². The molecular formula is C21H21N3O4. The number of hydrogen-bond acceptors (Lipinski definition) is 5. The van der Waals surface area contributed by atoms with Crippen molar-refractivity contribution < 1.29 is 19.1 Å². The van der Waals surface area contributed by atoms with Crippen molar-refractivity contribution in [2.45, 2.75) is 20.0 Å². The van der Waals surface area contributed by atoms with Crippen molar-refractivity contribution in [2.24, 2.45) is 0 Å². The second kappa shape index (κ2) is 8.39. The highest BCUT2D eigenvalue weighted by molar-refractivity contribution is 5.98. The molecule has 0 saturated carbocycles. The van der Waals surface area contributed by atoms with Crippen molar-refractivity contribution in [1.29, 1.82) is 0 Å². The van der Waals surface area contributed by atoms with Crippen LogP contribution in [0.1, 0.15) is 23.0 Å². The van der Waals surface area contributed by atoms with Gasteiger partial charge in [0.25, 0.3) is 5.91 Å². The van der Waals surface area contributed by atoms with Gasteiger partial charge in [-0.15, -0.1) is 0 Å². The largest absolute Gasteiger partial charge is 0.495 e. The Morgan fingerprint density at radius 3 is 2.57 bits per heavy atom. The molecule has 0 saturated heterocycles. The van der Waals surface area contributed by atoms with Crippen LogP contribution in [-0.2, 0) is 9.53 Å². The van der Waals surface area contributed by atoms with Gasteiger partial charge in [0, 0.05) is 5.56 Å². The number of amides is 1. The van der Waals surface area contributed by atoms with Gasteiger partial charge in [0.15, 0.2) is 6.10 Å². The molecule has 3 aromatic rings. The van der Waals surface area contributed by atoms with Crippen molar-refractivity contribution in [1.82, 2.24) is 10.2 Å². The lowest BCUT2D eigenvalue weighted by molar-refractivity contribution is -0.123. The lowest BCUT2D eigenvalue weighted by Gasteiger charge is -2.15. The quantitative estimate of drug-likeness (QED) is 0.639. The number of rotatable bonds is 6. The zero-order chi connectivity index (χ0) is 20.1. The third-order valence-corrected chi connectivity index (χ3v) is 4.13. The molecule has 0 aliphatic heterocycles. The van der Waals surface area contributed by atoms with Crippen LogP contribution in [0.4, 0.5) is 5.69 Å².